The highest BCUT2D eigenvalue weighted by Crippen LogP contribution is 2.25. The van der Waals surface area contributed by atoms with Crippen LogP contribution in [0, 0.1) is 5.82 Å². The zero-order chi connectivity index (χ0) is 14.0. The first kappa shape index (κ1) is 13.1. The number of anilines is 1. The molecule has 2 rings (SSSR count). The van der Waals surface area contributed by atoms with E-state index in [2.05, 4.69) is 4.98 Å². The molecule has 1 aromatic heterocycles. The van der Waals surface area contributed by atoms with Gasteiger partial charge in [-0.05, 0) is 26.0 Å². The van der Waals surface area contributed by atoms with Crippen molar-refractivity contribution in [1.29, 1.82) is 0 Å². The van der Waals surface area contributed by atoms with E-state index in [1.54, 1.807) is 6.20 Å². The lowest BCUT2D eigenvalue weighted by Crippen LogP contribution is -2.23. The lowest BCUT2D eigenvalue weighted by molar-refractivity contribution is 0.438. The summed E-state index contributed by atoms with van der Waals surface area (Å²) in [4.78, 5) is 15.9. The van der Waals surface area contributed by atoms with Crippen LogP contribution in [0.2, 0.25) is 0 Å². The van der Waals surface area contributed by atoms with Crippen LogP contribution in [0.15, 0.2) is 35.4 Å². The van der Waals surface area contributed by atoms with E-state index < -0.39 is 5.82 Å². The zero-order valence-corrected chi connectivity index (χ0v) is 10.6. The second kappa shape index (κ2) is 5.09. The van der Waals surface area contributed by atoms with Gasteiger partial charge in [0.15, 0.2) is 5.75 Å². The summed E-state index contributed by atoms with van der Waals surface area (Å²) in [5.74, 6) is -0.354. The first-order valence-corrected chi connectivity index (χ1v) is 5.79. The van der Waals surface area contributed by atoms with E-state index in [4.69, 9.17) is 10.5 Å². The Hall–Kier alpha value is -2.37. The van der Waals surface area contributed by atoms with Crippen LogP contribution < -0.4 is 16.0 Å². The van der Waals surface area contributed by atoms with Gasteiger partial charge in [-0.3, -0.25) is 4.79 Å². The number of hydrogen-bond acceptors (Lipinski definition) is 4. The number of ether oxygens (including phenoxy) is 1. The maximum atomic E-state index is 12.9. The number of nitrogen functional groups attached to an aromatic ring is 1. The third-order valence-electron chi connectivity index (χ3n) is 2.57. The number of aromatic nitrogens is 2. The molecule has 0 unspecified atom stereocenters. The first-order valence-electron chi connectivity index (χ1n) is 5.79. The highest BCUT2D eigenvalue weighted by atomic mass is 19.1. The summed E-state index contributed by atoms with van der Waals surface area (Å²) in [5, 5.41) is 0. The topological polar surface area (TPSA) is 70.1 Å². The predicted octanol–water partition coefficient (Wildman–Crippen LogP) is 2.34. The van der Waals surface area contributed by atoms with Crippen molar-refractivity contribution in [2.75, 3.05) is 5.73 Å². The Kier molecular flexibility index (Phi) is 3.50. The van der Waals surface area contributed by atoms with E-state index in [0.717, 1.165) is 6.07 Å². The SMILES string of the molecule is CC(C)n1ccnc(Oc2ccc(F)cc2N)c1=O. The van der Waals surface area contributed by atoms with Gasteiger partial charge in [-0.2, -0.15) is 0 Å². The van der Waals surface area contributed by atoms with E-state index in [0.29, 0.717) is 0 Å². The number of rotatable bonds is 3. The van der Waals surface area contributed by atoms with Crippen molar-refractivity contribution in [2.45, 2.75) is 19.9 Å². The van der Waals surface area contributed by atoms with Crippen LogP contribution in [0.4, 0.5) is 10.1 Å². The highest BCUT2D eigenvalue weighted by molar-refractivity contribution is 5.53. The Balaban J connectivity index is 2.39. The minimum Gasteiger partial charge on any atom is -0.432 e. The van der Waals surface area contributed by atoms with Crippen molar-refractivity contribution < 1.29 is 9.13 Å². The summed E-state index contributed by atoms with van der Waals surface area (Å²) >= 11 is 0. The van der Waals surface area contributed by atoms with E-state index in [1.807, 2.05) is 13.8 Å². The Morgan fingerprint density at radius 2 is 2.16 bits per heavy atom. The molecule has 0 bridgehead atoms. The van der Waals surface area contributed by atoms with Crippen molar-refractivity contribution >= 4 is 5.69 Å². The monoisotopic (exact) mass is 263 g/mol. The predicted molar refractivity (Wildman–Crippen MR) is 69.8 cm³/mol. The average Bonchev–Trinajstić information content (AvgIpc) is 2.34. The van der Waals surface area contributed by atoms with Gasteiger partial charge in [-0.15, -0.1) is 0 Å². The number of nitrogens with zero attached hydrogens (tertiary/aromatic N) is 2. The summed E-state index contributed by atoms with van der Waals surface area (Å²) < 4.78 is 19.8. The van der Waals surface area contributed by atoms with Gasteiger partial charge in [0.25, 0.3) is 5.88 Å². The molecule has 1 heterocycles. The normalized spacial score (nSPS) is 10.7. The van der Waals surface area contributed by atoms with Crippen molar-refractivity contribution in [1.82, 2.24) is 9.55 Å². The molecule has 0 aliphatic heterocycles. The van der Waals surface area contributed by atoms with Gasteiger partial charge < -0.3 is 15.0 Å². The van der Waals surface area contributed by atoms with E-state index in [9.17, 15) is 9.18 Å². The molecule has 0 spiro atoms. The largest absolute Gasteiger partial charge is 0.432 e. The van der Waals surface area contributed by atoms with Crippen LogP contribution >= 0.6 is 0 Å². The minimum atomic E-state index is -0.467. The van der Waals surface area contributed by atoms with Crippen molar-refractivity contribution in [3.8, 4) is 11.6 Å². The number of benzene rings is 1. The quantitative estimate of drug-likeness (QED) is 0.863. The van der Waals surface area contributed by atoms with Gasteiger partial charge in [-0.1, -0.05) is 0 Å². The standard InChI is InChI=1S/C13H14FN3O2/c1-8(2)17-6-5-16-12(13(17)18)19-11-4-3-9(14)7-10(11)15/h3-8H,15H2,1-2H3. The third-order valence-corrected chi connectivity index (χ3v) is 2.57. The van der Waals surface area contributed by atoms with Crippen LogP contribution in [0.25, 0.3) is 0 Å². The molecule has 0 aliphatic carbocycles. The summed E-state index contributed by atoms with van der Waals surface area (Å²) in [7, 11) is 0. The van der Waals surface area contributed by atoms with Crippen LogP contribution in [-0.4, -0.2) is 9.55 Å². The molecule has 0 atom stereocenters. The summed E-state index contributed by atoms with van der Waals surface area (Å²) in [6.45, 7) is 3.74. The Labute approximate surface area is 109 Å². The zero-order valence-electron chi connectivity index (χ0n) is 10.6. The van der Waals surface area contributed by atoms with E-state index in [1.165, 1.54) is 22.9 Å². The summed E-state index contributed by atoms with van der Waals surface area (Å²) in [6, 6.07) is 3.68. The number of nitrogens with two attached hydrogens (primary N) is 1. The fraction of sp³-hybridized carbons (Fsp3) is 0.231. The Morgan fingerprint density at radius 1 is 1.42 bits per heavy atom. The summed E-state index contributed by atoms with van der Waals surface area (Å²) in [5.41, 5.74) is 5.37. The molecule has 2 aromatic rings. The van der Waals surface area contributed by atoms with Gasteiger partial charge in [0.2, 0.25) is 0 Å². The molecular formula is C13H14FN3O2. The molecule has 0 aliphatic rings. The fourth-order valence-corrected chi connectivity index (χ4v) is 1.60. The lowest BCUT2D eigenvalue weighted by atomic mass is 10.3. The smallest absolute Gasteiger partial charge is 0.313 e. The average molecular weight is 263 g/mol. The van der Waals surface area contributed by atoms with Crippen LogP contribution in [0.1, 0.15) is 19.9 Å². The Bertz CT molecular complexity index is 653. The summed E-state index contributed by atoms with van der Waals surface area (Å²) in [6.07, 6.45) is 3.05. The van der Waals surface area contributed by atoms with Gasteiger partial charge in [0.1, 0.15) is 5.82 Å². The van der Waals surface area contributed by atoms with E-state index >= 15 is 0 Å². The molecule has 0 saturated carbocycles. The van der Waals surface area contributed by atoms with Crippen molar-refractivity contribution in [2.24, 2.45) is 0 Å². The second-order valence-electron chi connectivity index (χ2n) is 4.32. The first-order chi connectivity index (χ1) is 8.99. The molecule has 5 nitrogen and oxygen atoms in total. The molecule has 0 fully saturated rings. The molecule has 1 aromatic carbocycles. The van der Waals surface area contributed by atoms with Gasteiger partial charge in [-0.25, -0.2) is 9.37 Å². The molecule has 0 radical (unpaired) electrons. The van der Waals surface area contributed by atoms with E-state index in [-0.39, 0.29) is 28.9 Å². The van der Waals surface area contributed by atoms with Crippen molar-refractivity contribution in [3.63, 3.8) is 0 Å². The molecular weight excluding hydrogens is 249 g/mol. The Morgan fingerprint density at radius 3 is 2.79 bits per heavy atom. The lowest BCUT2D eigenvalue weighted by Gasteiger charge is -2.11. The van der Waals surface area contributed by atoms with Crippen molar-refractivity contribution in [3.05, 3.63) is 46.8 Å². The minimum absolute atomic E-state index is 0.0107. The van der Waals surface area contributed by atoms with Crippen LogP contribution in [0.5, 0.6) is 11.6 Å². The van der Waals surface area contributed by atoms with Gasteiger partial charge in [0, 0.05) is 24.5 Å². The second-order valence-corrected chi connectivity index (χ2v) is 4.32. The third kappa shape index (κ3) is 2.73. The van der Waals surface area contributed by atoms with Crippen LogP contribution in [-0.2, 0) is 0 Å². The van der Waals surface area contributed by atoms with Gasteiger partial charge in [0.05, 0.1) is 5.69 Å². The highest BCUT2D eigenvalue weighted by Gasteiger charge is 2.11. The molecule has 6 heteroatoms. The maximum absolute atomic E-state index is 12.9. The molecule has 19 heavy (non-hydrogen) atoms. The van der Waals surface area contributed by atoms with Gasteiger partial charge >= 0.3 is 5.56 Å². The van der Waals surface area contributed by atoms with Crippen LogP contribution in [0.3, 0.4) is 0 Å². The number of halogens is 1. The molecule has 0 saturated heterocycles. The molecule has 2 N–H and O–H groups in total. The molecule has 100 valence electrons. The number of hydrogen-bond donors (Lipinski definition) is 1. The molecule has 0 amide bonds. The maximum Gasteiger partial charge on any atom is 0.313 e. The fourth-order valence-electron chi connectivity index (χ4n) is 1.60.